The number of rotatable bonds is 12. The van der Waals surface area contributed by atoms with Gasteiger partial charge in [0, 0.05) is 83.9 Å². The van der Waals surface area contributed by atoms with Gasteiger partial charge in [-0.3, -0.25) is 0 Å². The predicted octanol–water partition coefficient (Wildman–Crippen LogP) is 16.9. The summed E-state index contributed by atoms with van der Waals surface area (Å²) in [6.07, 6.45) is 2.89. The molecule has 1 aromatic heterocycles. The highest BCUT2D eigenvalue weighted by molar-refractivity contribution is 7.38. The third kappa shape index (κ3) is 8.24. The second-order valence-electron chi connectivity index (χ2n) is 22.4. The van der Waals surface area contributed by atoms with Gasteiger partial charge in [-0.1, -0.05) is 166 Å². The number of para-hydroxylation sites is 6. The van der Waals surface area contributed by atoms with Crippen LogP contribution in [0.4, 0.5) is 85.3 Å². The molecule has 85 heavy (non-hydrogen) atoms. The van der Waals surface area contributed by atoms with Gasteiger partial charge in [0.05, 0.1) is 17.1 Å². The van der Waals surface area contributed by atoms with Crippen molar-refractivity contribution >= 4 is 141 Å². The normalized spacial score (nSPS) is 13.0. The summed E-state index contributed by atoms with van der Waals surface area (Å²) < 4.78 is 10.5. The van der Waals surface area contributed by atoms with Crippen LogP contribution in [0.1, 0.15) is 37.5 Å². The molecule has 0 unspecified atom stereocenters. The van der Waals surface area contributed by atoms with Gasteiger partial charge in [0.15, 0.2) is 5.75 Å². The van der Waals surface area contributed by atoms with Crippen molar-refractivity contribution in [3.05, 3.63) is 284 Å². The number of ether oxygens (including phenoxy) is 1. The second kappa shape index (κ2) is 20.7. The maximum atomic E-state index is 8.00. The minimum Gasteiger partial charge on any atom is -0.455 e. The molecule has 0 atom stereocenters. The number of anilines is 15. The highest BCUT2D eigenvalue weighted by Gasteiger charge is 2.51. The Kier molecular flexibility index (Phi) is 12.4. The van der Waals surface area contributed by atoms with Crippen LogP contribution in [0.25, 0.3) is 0 Å². The van der Waals surface area contributed by atoms with Crippen LogP contribution in [0, 0.1) is 0 Å². The lowest BCUT2D eigenvalue weighted by atomic mass is 9.35. The highest BCUT2D eigenvalue weighted by atomic mass is 32.1. The van der Waals surface area contributed by atoms with Gasteiger partial charge in [0.2, 0.25) is 0 Å². The molecule has 0 aliphatic carbocycles. The van der Waals surface area contributed by atoms with Crippen LogP contribution in [0.3, 0.4) is 0 Å². The van der Waals surface area contributed by atoms with E-state index in [-0.39, 0.29) is 13.4 Å². The summed E-state index contributed by atoms with van der Waals surface area (Å²) >= 11 is 1.93. The van der Waals surface area contributed by atoms with Crippen molar-refractivity contribution in [2.45, 2.75) is 40.0 Å². The molecule has 0 N–H and O–H groups in total. The van der Waals surface area contributed by atoms with Crippen LogP contribution in [-0.2, 0) is 19.3 Å². The predicted molar refractivity (Wildman–Crippen MR) is 362 cm³/mol. The first kappa shape index (κ1) is 50.7. The van der Waals surface area contributed by atoms with Crippen LogP contribution >= 0.6 is 11.3 Å². The molecule has 4 aliphatic heterocycles. The Bertz CT molecular complexity index is 4440. The Hall–Kier alpha value is -9.95. The standard InChI is InChI=1S/C76H59B2N5OS/c1-4-51-35-41-58(42-36-51)79(54-23-11-7-12-24-54)62-49-69-72-70(50-62)84-74-73-75(85-76(74)78(72)64-32-20-22-34-66(64)82(69)56-27-15-9-16-28-56)77-63-31-19-21-33-65(63)81(55-25-13-8-14-26-55)67-47-61(48-68(71(67)77)83(73)57-29-17-10-18-30-57)80(59-43-37-52(5-2)38-44-59)60-45-39-53(6-3)40-46-60/h7-50H,4-6H2,1-3H3. The lowest BCUT2D eigenvalue weighted by Gasteiger charge is -2.44. The fourth-order valence-electron chi connectivity index (χ4n) is 13.7. The summed E-state index contributed by atoms with van der Waals surface area (Å²) in [5.74, 6) is 1.74. The zero-order valence-electron chi connectivity index (χ0n) is 47.7. The van der Waals surface area contributed by atoms with Crippen molar-refractivity contribution in [3.8, 4) is 11.5 Å². The molecule has 0 fully saturated rings. The quantitative estimate of drug-likeness (QED) is 0.113. The molecule has 0 spiro atoms. The van der Waals surface area contributed by atoms with E-state index in [1.807, 2.05) is 11.3 Å². The number of nitrogens with zero attached hydrogens (tertiary/aromatic N) is 5. The third-order valence-electron chi connectivity index (χ3n) is 17.7. The van der Waals surface area contributed by atoms with Gasteiger partial charge < -0.3 is 29.2 Å². The zero-order valence-corrected chi connectivity index (χ0v) is 48.5. The van der Waals surface area contributed by atoms with E-state index in [1.54, 1.807) is 0 Å². The number of benzene rings is 11. The van der Waals surface area contributed by atoms with Gasteiger partial charge in [-0.25, -0.2) is 0 Å². The highest BCUT2D eigenvalue weighted by Crippen LogP contribution is 2.54. The Labute approximate surface area is 502 Å². The molecular weight excluding hydrogens is 1050 g/mol. The topological polar surface area (TPSA) is 25.4 Å². The van der Waals surface area contributed by atoms with E-state index in [2.05, 4.69) is 312 Å². The van der Waals surface area contributed by atoms with Gasteiger partial charge in [0.25, 0.3) is 13.4 Å². The summed E-state index contributed by atoms with van der Waals surface area (Å²) in [7, 11) is 0. The zero-order chi connectivity index (χ0) is 56.7. The fourth-order valence-corrected chi connectivity index (χ4v) is 15.2. The first-order chi connectivity index (χ1) is 42.0. The third-order valence-corrected chi connectivity index (χ3v) is 19.0. The minimum absolute atomic E-state index is 0.136. The Balaban J connectivity index is 0.992. The number of thiophene rings is 1. The largest absolute Gasteiger partial charge is 0.455 e. The molecule has 0 saturated heterocycles. The number of hydrogen-bond acceptors (Lipinski definition) is 7. The maximum Gasteiger partial charge on any atom is 0.268 e. The second-order valence-corrected chi connectivity index (χ2v) is 23.5. The summed E-state index contributed by atoms with van der Waals surface area (Å²) in [6, 6.07) is 98.8. The Morgan fingerprint density at radius 2 is 0.706 bits per heavy atom. The summed E-state index contributed by atoms with van der Waals surface area (Å²) in [4.78, 5) is 12.4. The van der Waals surface area contributed by atoms with Crippen molar-refractivity contribution in [2.24, 2.45) is 0 Å². The molecule has 12 aromatic rings. The average molecular weight is 1110 g/mol. The van der Waals surface area contributed by atoms with Gasteiger partial charge in [0.1, 0.15) is 5.75 Å². The first-order valence-corrected chi connectivity index (χ1v) is 30.7. The Morgan fingerprint density at radius 3 is 1.16 bits per heavy atom. The van der Waals surface area contributed by atoms with E-state index in [0.717, 1.165) is 122 Å². The number of aryl methyl sites for hydroxylation is 3. The maximum absolute atomic E-state index is 8.00. The van der Waals surface area contributed by atoms with E-state index < -0.39 is 0 Å². The van der Waals surface area contributed by atoms with Crippen molar-refractivity contribution in [1.82, 2.24) is 0 Å². The van der Waals surface area contributed by atoms with Crippen LogP contribution in [0.5, 0.6) is 11.5 Å². The molecule has 11 aromatic carbocycles. The van der Waals surface area contributed by atoms with E-state index in [1.165, 1.54) is 42.6 Å². The molecule has 6 nitrogen and oxygen atoms in total. The van der Waals surface area contributed by atoms with E-state index in [4.69, 9.17) is 4.74 Å². The van der Waals surface area contributed by atoms with Gasteiger partial charge >= 0.3 is 0 Å². The lowest BCUT2D eigenvalue weighted by molar-refractivity contribution is 0.491. The van der Waals surface area contributed by atoms with Crippen LogP contribution in [0.15, 0.2) is 267 Å². The molecule has 5 heterocycles. The smallest absolute Gasteiger partial charge is 0.268 e. The van der Waals surface area contributed by atoms with Crippen LogP contribution in [-0.4, -0.2) is 13.4 Å². The van der Waals surface area contributed by atoms with Crippen molar-refractivity contribution < 1.29 is 4.74 Å². The van der Waals surface area contributed by atoms with E-state index in [9.17, 15) is 0 Å². The molecule has 4 aliphatic rings. The van der Waals surface area contributed by atoms with E-state index >= 15 is 0 Å². The van der Waals surface area contributed by atoms with Gasteiger partial charge in [-0.05, 0) is 173 Å². The summed E-state index contributed by atoms with van der Waals surface area (Å²) in [5, 5.41) is 0. The van der Waals surface area contributed by atoms with Crippen LogP contribution in [0.2, 0.25) is 0 Å². The SMILES string of the molecule is CCc1ccc(N(c2ccccc2)c2cc3c4c(c2)N(c2ccccc2)c2ccccc2B4c2sc4c(c2O3)N(c2ccccc2)c2cc(N(c3ccc(CC)cc3)c3ccc(CC)cc3)cc3c2B4c2ccccc2N3c2ccccc2)cc1. The minimum atomic E-state index is -0.147. The average Bonchev–Trinajstić information content (AvgIpc) is 2.13. The van der Waals surface area contributed by atoms with Crippen molar-refractivity contribution in [1.29, 1.82) is 0 Å². The monoisotopic (exact) mass is 1110 g/mol. The summed E-state index contributed by atoms with van der Waals surface area (Å²) in [6.45, 7) is 6.39. The van der Waals surface area contributed by atoms with Gasteiger partial charge in [-0.2, -0.15) is 11.3 Å². The molecule has 16 rings (SSSR count). The number of fused-ring (bicyclic) bond motifs is 9. The van der Waals surface area contributed by atoms with E-state index in [0.29, 0.717) is 0 Å². The lowest BCUT2D eigenvalue weighted by Crippen LogP contribution is -2.60. The molecule has 0 amide bonds. The van der Waals surface area contributed by atoms with Crippen molar-refractivity contribution in [3.63, 3.8) is 0 Å². The van der Waals surface area contributed by atoms with Crippen LogP contribution < -0.4 is 60.6 Å². The summed E-state index contributed by atoms with van der Waals surface area (Å²) in [5.41, 5.74) is 25.3. The molecule has 0 radical (unpaired) electrons. The first-order valence-electron chi connectivity index (χ1n) is 29.9. The van der Waals surface area contributed by atoms with Crippen molar-refractivity contribution in [2.75, 3.05) is 24.5 Å². The Morgan fingerprint density at radius 1 is 0.341 bits per heavy atom. The molecule has 0 saturated carbocycles. The van der Waals surface area contributed by atoms with Gasteiger partial charge in [-0.15, -0.1) is 0 Å². The molecule has 9 heteroatoms. The molecule has 0 bridgehead atoms. The molecular formula is C76H59B2N5OS. The fraction of sp³-hybridized carbons (Fsp3) is 0.0789. The molecule has 406 valence electrons. The number of hydrogen-bond donors (Lipinski definition) is 0.